The second kappa shape index (κ2) is 6.40. The van der Waals surface area contributed by atoms with Gasteiger partial charge in [0.25, 0.3) is 0 Å². The normalized spacial score (nSPS) is 25.3. The molecule has 0 aliphatic heterocycles. The van der Waals surface area contributed by atoms with Crippen molar-refractivity contribution in [3.8, 4) is 5.75 Å². The minimum Gasteiger partial charge on any atom is -0.496 e. The van der Waals surface area contributed by atoms with Crippen molar-refractivity contribution in [2.75, 3.05) is 33.9 Å². The van der Waals surface area contributed by atoms with Gasteiger partial charge in [-0.15, -0.1) is 0 Å². The third-order valence-corrected chi connectivity index (χ3v) is 4.29. The summed E-state index contributed by atoms with van der Waals surface area (Å²) in [6, 6.07) is 8.43. The number of hydrogen-bond donors (Lipinski definition) is 1. The molecule has 19 heavy (non-hydrogen) atoms. The van der Waals surface area contributed by atoms with E-state index in [9.17, 15) is 0 Å². The van der Waals surface area contributed by atoms with E-state index in [1.54, 1.807) is 14.2 Å². The van der Waals surface area contributed by atoms with Crippen LogP contribution in [0.15, 0.2) is 24.3 Å². The van der Waals surface area contributed by atoms with Crippen LogP contribution in [0.3, 0.4) is 0 Å². The molecule has 2 unspecified atom stereocenters. The van der Waals surface area contributed by atoms with Crippen molar-refractivity contribution in [2.45, 2.75) is 25.2 Å². The molecule has 1 aliphatic rings. The minimum atomic E-state index is 0.259. The van der Waals surface area contributed by atoms with Crippen molar-refractivity contribution in [3.63, 3.8) is 0 Å². The third-order valence-electron chi connectivity index (χ3n) is 4.29. The SMILES string of the molecule is CCC1CC1(CNCCOC)c1ccccc1OC. The number of benzene rings is 1. The first-order valence-electron chi connectivity index (χ1n) is 7.11. The van der Waals surface area contributed by atoms with E-state index in [0.717, 1.165) is 31.4 Å². The molecule has 1 N–H and O–H groups in total. The molecule has 1 fully saturated rings. The standard InChI is InChI=1S/C16H25NO2/c1-4-13-11-16(13,12-17-9-10-18-2)14-7-5-6-8-15(14)19-3/h5-8,13,17H,4,9-12H2,1-3H3. The van der Waals surface area contributed by atoms with Gasteiger partial charge in [-0.05, 0) is 18.4 Å². The number of rotatable bonds is 8. The zero-order chi connectivity index (χ0) is 13.7. The fourth-order valence-electron chi connectivity index (χ4n) is 3.10. The van der Waals surface area contributed by atoms with Crippen LogP contribution in [0, 0.1) is 5.92 Å². The number of ether oxygens (including phenoxy) is 2. The van der Waals surface area contributed by atoms with Crippen molar-refractivity contribution in [1.82, 2.24) is 5.32 Å². The summed E-state index contributed by atoms with van der Waals surface area (Å²) in [6.45, 7) is 4.95. The summed E-state index contributed by atoms with van der Waals surface area (Å²) in [5, 5.41) is 3.52. The summed E-state index contributed by atoms with van der Waals surface area (Å²) in [5.41, 5.74) is 1.61. The predicted molar refractivity (Wildman–Crippen MR) is 77.8 cm³/mol. The fraction of sp³-hybridized carbons (Fsp3) is 0.625. The van der Waals surface area contributed by atoms with Crippen LogP contribution in [0.2, 0.25) is 0 Å². The smallest absolute Gasteiger partial charge is 0.122 e. The number of hydrogen-bond acceptors (Lipinski definition) is 3. The summed E-state index contributed by atoms with van der Waals surface area (Å²) < 4.78 is 10.6. The molecule has 0 aromatic heterocycles. The average Bonchev–Trinajstić information content (AvgIpc) is 3.18. The Balaban J connectivity index is 2.11. The molecule has 1 aromatic carbocycles. The van der Waals surface area contributed by atoms with Gasteiger partial charge in [-0.1, -0.05) is 31.5 Å². The largest absolute Gasteiger partial charge is 0.496 e. The molecule has 0 radical (unpaired) electrons. The Morgan fingerprint density at radius 2 is 2.11 bits per heavy atom. The second-order valence-corrected chi connectivity index (χ2v) is 5.34. The topological polar surface area (TPSA) is 30.5 Å². The Kier molecular flexibility index (Phi) is 4.83. The van der Waals surface area contributed by atoms with Gasteiger partial charge in [0, 0.05) is 31.2 Å². The van der Waals surface area contributed by atoms with Gasteiger partial charge in [0.05, 0.1) is 13.7 Å². The molecule has 3 heteroatoms. The van der Waals surface area contributed by atoms with Gasteiger partial charge in [-0.2, -0.15) is 0 Å². The van der Waals surface area contributed by atoms with Crippen LogP contribution in [0.25, 0.3) is 0 Å². The molecule has 1 aromatic rings. The molecule has 3 nitrogen and oxygen atoms in total. The summed E-state index contributed by atoms with van der Waals surface area (Å²) in [5.74, 6) is 1.78. The summed E-state index contributed by atoms with van der Waals surface area (Å²) in [6.07, 6.45) is 2.48. The molecule has 2 rings (SSSR count). The van der Waals surface area contributed by atoms with Crippen molar-refractivity contribution in [2.24, 2.45) is 5.92 Å². The lowest BCUT2D eigenvalue weighted by molar-refractivity contribution is 0.198. The number of nitrogens with one attached hydrogen (secondary N) is 1. The zero-order valence-electron chi connectivity index (χ0n) is 12.2. The highest BCUT2D eigenvalue weighted by molar-refractivity contribution is 5.45. The van der Waals surface area contributed by atoms with E-state index < -0.39 is 0 Å². The van der Waals surface area contributed by atoms with Gasteiger partial charge in [-0.25, -0.2) is 0 Å². The van der Waals surface area contributed by atoms with E-state index in [0.29, 0.717) is 0 Å². The first-order valence-corrected chi connectivity index (χ1v) is 7.11. The average molecular weight is 263 g/mol. The highest BCUT2D eigenvalue weighted by atomic mass is 16.5. The van der Waals surface area contributed by atoms with Crippen molar-refractivity contribution in [3.05, 3.63) is 29.8 Å². The molecule has 0 heterocycles. The maximum atomic E-state index is 5.54. The van der Waals surface area contributed by atoms with Crippen molar-refractivity contribution >= 4 is 0 Å². The van der Waals surface area contributed by atoms with E-state index in [-0.39, 0.29) is 5.41 Å². The molecule has 0 saturated heterocycles. The monoisotopic (exact) mass is 263 g/mol. The quantitative estimate of drug-likeness (QED) is 0.731. The van der Waals surface area contributed by atoms with E-state index >= 15 is 0 Å². The predicted octanol–water partition coefficient (Wildman–Crippen LogP) is 2.60. The van der Waals surface area contributed by atoms with Gasteiger partial charge in [-0.3, -0.25) is 0 Å². The van der Waals surface area contributed by atoms with E-state index in [4.69, 9.17) is 9.47 Å². The van der Waals surface area contributed by atoms with E-state index in [1.165, 1.54) is 18.4 Å². The number of methoxy groups -OCH3 is 2. The Labute approximate surface area is 116 Å². The van der Waals surface area contributed by atoms with Crippen LogP contribution in [0.5, 0.6) is 5.75 Å². The van der Waals surface area contributed by atoms with Gasteiger partial charge >= 0.3 is 0 Å². The van der Waals surface area contributed by atoms with Crippen LogP contribution in [-0.2, 0) is 10.2 Å². The molecule has 106 valence electrons. The van der Waals surface area contributed by atoms with Crippen LogP contribution < -0.4 is 10.1 Å². The molecular weight excluding hydrogens is 238 g/mol. The minimum absolute atomic E-state index is 0.259. The molecule has 1 aliphatic carbocycles. The van der Waals surface area contributed by atoms with Crippen molar-refractivity contribution < 1.29 is 9.47 Å². The lowest BCUT2D eigenvalue weighted by Crippen LogP contribution is -2.31. The Hall–Kier alpha value is -1.06. The Morgan fingerprint density at radius 3 is 2.74 bits per heavy atom. The summed E-state index contributed by atoms with van der Waals surface area (Å²) >= 11 is 0. The zero-order valence-corrected chi connectivity index (χ0v) is 12.2. The Morgan fingerprint density at radius 1 is 1.32 bits per heavy atom. The second-order valence-electron chi connectivity index (χ2n) is 5.34. The van der Waals surface area contributed by atoms with Crippen LogP contribution in [-0.4, -0.2) is 33.9 Å². The van der Waals surface area contributed by atoms with Gasteiger partial charge < -0.3 is 14.8 Å². The van der Waals surface area contributed by atoms with E-state index in [1.807, 2.05) is 6.07 Å². The van der Waals surface area contributed by atoms with Crippen LogP contribution in [0.4, 0.5) is 0 Å². The van der Waals surface area contributed by atoms with Crippen LogP contribution in [0.1, 0.15) is 25.3 Å². The van der Waals surface area contributed by atoms with Crippen molar-refractivity contribution in [1.29, 1.82) is 0 Å². The lowest BCUT2D eigenvalue weighted by Gasteiger charge is -2.21. The van der Waals surface area contributed by atoms with Gasteiger partial charge in [0.2, 0.25) is 0 Å². The maximum Gasteiger partial charge on any atom is 0.122 e. The highest BCUT2D eigenvalue weighted by Gasteiger charge is 2.54. The summed E-state index contributed by atoms with van der Waals surface area (Å²) in [7, 11) is 3.50. The molecular formula is C16H25NO2. The van der Waals surface area contributed by atoms with Gasteiger partial charge in [0.15, 0.2) is 0 Å². The van der Waals surface area contributed by atoms with Crippen LogP contribution >= 0.6 is 0 Å². The fourth-order valence-corrected chi connectivity index (χ4v) is 3.10. The molecule has 2 atom stereocenters. The Bertz CT molecular complexity index is 407. The third kappa shape index (κ3) is 2.93. The molecule has 0 amide bonds. The molecule has 0 spiro atoms. The highest BCUT2D eigenvalue weighted by Crippen LogP contribution is 2.57. The lowest BCUT2D eigenvalue weighted by atomic mass is 9.91. The molecule has 0 bridgehead atoms. The maximum absolute atomic E-state index is 5.54. The van der Waals surface area contributed by atoms with Gasteiger partial charge in [0.1, 0.15) is 5.75 Å². The number of para-hydroxylation sites is 1. The first-order chi connectivity index (χ1) is 9.28. The summed E-state index contributed by atoms with van der Waals surface area (Å²) in [4.78, 5) is 0. The van der Waals surface area contributed by atoms with E-state index in [2.05, 4.69) is 30.4 Å². The molecule has 1 saturated carbocycles. The first kappa shape index (κ1) is 14.4.